The first-order valence-corrected chi connectivity index (χ1v) is 6.31. The molecule has 1 unspecified atom stereocenters. The van der Waals surface area contributed by atoms with E-state index in [0.29, 0.717) is 6.61 Å². The van der Waals surface area contributed by atoms with Crippen LogP contribution in [0.3, 0.4) is 0 Å². The predicted molar refractivity (Wildman–Crippen MR) is 64.1 cm³/mol. The summed E-state index contributed by atoms with van der Waals surface area (Å²) in [6.45, 7) is 4.37. The number of ether oxygens (including phenoxy) is 1. The predicted octanol–water partition coefficient (Wildman–Crippen LogP) is 0.169. The van der Waals surface area contributed by atoms with Gasteiger partial charge in [-0.1, -0.05) is 0 Å². The minimum atomic E-state index is 0.150. The molecule has 1 saturated heterocycles. The third-order valence-corrected chi connectivity index (χ3v) is 3.36. The summed E-state index contributed by atoms with van der Waals surface area (Å²) in [6, 6.07) is 0.150. The van der Waals surface area contributed by atoms with E-state index in [4.69, 9.17) is 4.74 Å². The number of hydrogen-bond acceptors (Lipinski definition) is 5. The van der Waals surface area contributed by atoms with Gasteiger partial charge in [0.1, 0.15) is 0 Å². The molecule has 2 aliphatic rings. The number of nitrogens with zero attached hydrogens (tertiary/aromatic N) is 4. The molecule has 1 N–H and O–H groups in total. The number of hydrogen-bond donors (Lipinski definition) is 1. The van der Waals surface area contributed by atoms with E-state index >= 15 is 0 Å². The van der Waals surface area contributed by atoms with Gasteiger partial charge in [0.15, 0.2) is 5.82 Å². The number of rotatable bonds is 1. The van der Waals surface area contributed by atoms with E-state index in [9.17, 15) is 0 Å². The minimum Gasteiger partial charge on any atom is -0.378 e. The summed E-state index contributed by atoms with van der Waals surface area (Å²) in [5, 5.41) is 8.00. The minimum absolute atomic E-state index is 0.150. The summed E-state index contributed by atoms with van der Waals surface area (Å²) in [4.78, 5) is 6.84. The Morgan fingerprint density at radius 2 is 2.24 bits per heavy atom. The molecule has 6 nitrogen and oxygen atoms in total. The number of nitrogens with one attached hydrogen (secondary N) is 1. The highest BCUT2D eigenvalue weighted by Crippen LogP contribution is 2.20. The van der Waals surface area contributed by atoms with E-state index in [0.717, 1.165) is 38.0 Å². The highest BCUT2D eigenvalue weighted by atomic mass is 16.5. The van der Waals surface area contributed by atoms with E-state index in [-0.39, 0.29) is 6.04 Å². The van der Waals surface area contributed by atoms with Crippen molar-refractivity contribution in [3.05, 3.63) is 5.82 Å². The Morgan fingerprint density at radius 1 is 1.35 bits per heavy atom. The van der Waals surface area contributed by atoms with Crippen molar-refractivity contribution in [2.45, 2.75) is 25.4 Å². The van der Waals surface area contributed by atoms with E-state index < -0.39 is 0 Å². The Bertz CT molecular complexity index is 385. The SMILES string of the molecule is CN1CCCCn2nc(C3COCCN3)nc21. The fraction of sp³-hybridized carbons (Fsp3) is 0.818. The maximum absolute atomic E-state index is 5.45. The van der Waals surface area contributed by atoms with Crippen LogP contribution in [-0.2, 0) is 11.3 Å². The second-order valence-electron chi connectivity index (χ2n) is 4.70. The zero-order valence-electron chi connectivity index (χ0n) is 10.2. The monoisotopic (exact) mass is 237 g/mol. The molecule has 0 aromatic carbocycles. The van der Waals surface area contributed by atoms with Crippen molar-refractivity contribution in [2.75, 3.05) is 38.3 Å². The third kappa shape index (κ3) is 2.14. The molecule has 0 spiro atoms. The van der Waals surface area contributed by atoms with Crippen molar-refractivity contribution in [3.63, 3.8) is 0 Å². The standard InChI is InChI=1S/C11H19N5O/c1-15-5-2-3-6-16-11(15)13-10(14-16)9-8-17-7-4-12-9/h9,12H,2-8H2,1H3. The van der Waals surface area contributed by atoms with Crippen LogP contribution in [0.2, 0.25) is 0 Å². The first kappa shape index (κ1) is 11.0. The Balaban J connectivity index is 1.84. The van der Waals surface area contributed by atoms with Gasteiger partial charge >= 0.3 is 0 Å². The molecular weight excluding hydrogens is 218 g/mol. The van der Waals surface area contributed by atoms with Gasteiger partial charge in [-0.25, -0.2) is 4.68 Å². The molecule has 1 atom stereocenters. The second kappa shape index (κ2) is 4.62. The average Bonchev–Trinajstić information content (AvgIpc) is 2.72. The van der Waals surface area contributed by atoms with Crippen LogP contribution in [0.1, 0.15) is 24.7 Å². The van der Waals surface area contributed by atoms with Crippen LogP contribution in [0.25, 0.3) is 0 Å². The van der Waals surface area contributed by atoms with E-state index in [1.165, 1.54) is 12.8 Å². The fourth-order valence-corrected chi connectivity index (χ4v) is 2.37. The zero-order chi connectivity index (χ0) is 11.7. The van der Waals surface area contributed by atoms with Gasteiger partial charge in [-0.15, -0.1) is 0 Å². The first-order chi connectivity index (χ1) is 8.34. The quantitative estimate of drug-likeness (QED) is 0.754. The average molecular weight is 237 g/mol. The molecule has 0 radical (unpaired) electrons. The molecule has 0 amide bonds. The van der Waals surface area contributed by atoms with Gasteiger partial charge in [0.2, 0.25) is 5.95 Å². The van der Waals surface area contributed by atoms with Crippen molar-refractivity contribution < 1.29 is 4.74 Å². The van der Waals surface area contributed by atoms with E-state index in [2.05, 4.69) is 27.3 Å². The molecule has 1 aromatic rings. The van der Waals surface area contributed by atoms with Crippen molar-refractivity contribution in [1.29, 1.82) is 0 Å². The lowest BCUT2D eigenvalue weighted by Gasteiger charge is -2.21. The molecule has 0 aliphatic carbocycles. The van der Waals surface area contributed by atoms with Crippen LogP contribution in [0.4, 0.5) is 5.95 Å². The topological polar surface area (TPSA) is 55.2 Å². The van der Waals surface area contributed by atoms with Crippen LogP contribution in [0, 0.1) is 0 Å². The summed E-state index contributed by atoms with van der Waals surface area (Å²) in [5.41, 5.74) is 0. The highest BCUT2D eigenvalue weighted by molar-refractivity contribution is 5.30. The van der Waals surface area contributed by atoms with Crippen LogP contribution >= 0.6 is 0 Å². The second-order valence-corrected chi connectivity index (χ2v) is 4.70. The van der Waals surface area contributed by atoms with Crippen molar-refractivity contribution in [1.82, 2.24) is 20.1 Å². The van der Waals surface area contributed by atoms with Crippen LogP contribution < -0.4 is 10.2 Å². The Morgan fingerprint density at radius 3 is 3.06 bits per heavy atom. The van der Waals surface area contributed by atoms with Gasteiger partial charge in [-0.05, 0) is 12.8 Å². The molecule has 6 heteroatoms. The molecule has 1 aromatic heterocycles. The lowest BCUT2D eigenvalue weighted by molar-refractivity contribution is 0.0741. The largest absolute Gasteiger partial charge is 0.378 e. The van der Waals surface area contributed by atoms with E-state index in [1.807, 2.05) is 4.68 Å². The molecule has 17 heavy (non-hydrogen) atoms. The number of fused-ring (bicyclic) bond motifs is 1. The maximum Gasteiger partial charge on any atom is 0.223 e. The van der Waals surface area contributed by atoms with Gasteiger partial charge in [0.05, 0.1) is 19.3 Å². The van der Waals surface area contributed by atoms with Crippen LogP contribution in [0.15, 0.2) is 0 Å². The van der Waals surface area contributed by atoms with Crippen LogP contribution in [-0.4, -0.2) is 48.1 Å². The van der Waals surface area contributed by atoms with Gasteiger partial charge in [0, 0.05) is 26.7 Å². The summed E-state index contributed by atoms with van der Waals surface area (Å²) in [6.07, 6.45) is 2.39. The van der Waals surface area contributed by atoms with E-state index in [1.54, 1.807) is 0 Å². The summed E-state index contributed by atoms with van der Waals surface area (Å²) < 4.78 is 7.48. The van der Waals surface area contributed by atoms with Gasteiger partial charge in [-0.2, -0.15) is 10.1 Å². The van der Waals surface area contributed by atoms with Crippen LogP contribution in [0.5, 0.6) is 0 Å². The number of morpholine rings is 1. The van der Waals surface area contributed by atoms with Gasteiger partial charge < -0.3 is 15.0 Å². The molecule has 0 bridgehead atoms. The molecule has 3 heterocycles. The number of anilines is 1. The molecule has 3 rings (SSSR count). The molecule has 2 aliphatic heterocycles. The molecule has 1 fully saturated rings. The normalized spacial score (nSPS) is 25.5. The number of aromatic nitrogens is 3. The van der Waals surface area contributed by atoms with Crippen molar-refractivity contribution >= 4 is 5.95 Å². The van der Waals surface area contributed by atoms with Crippen molar-refractivity contribution in [2.24, 2.45) is 0 Å². The first-order valence-electron chi connectivity index (χ1n) is 6.31. The number of aryl methyl sites for hydroxylation is 1. The van der Waals surface area contributed by atoms with Gasteiger partial charge in [-0.3, -0.25) is 0 Å². The van der Waals surface area contributed by atoms with Gasteiger partial charge in [0.25, 0.3) is 0 Å². The molecule has 94 valence electrons. The Kier molecular flexibility index (Phi) is 2.98. The summed E-state index contributed by atoms with van der Waals surface area (Å²) in [7, 11) is 2.08. The highest BCUT2D eigenvalue weighted by Gasteiger charge is 2.23. The smallest absolute Gasteiger partial charge is 0.223 e. The zero-order valence-corrected chi connectivity index (χ0v) is 10.2. The fourth-order valence-electron chi connectivity index (χ4n) is 2.37. The maximum atomic E-state index is 5.45. The third-order valence-electron chi connectivity index (χ3n) is 3.36. The lowest BCUT2D eigenvalue weighted by Crippen LogP contribution is -2.35. The summed E-state index contributed by atoms with van der Waals surface area (Å²) in [5.74, 6) is 1.86. The molecule has 0 saturated carbocycles. The Hall–Kier alpha value is -1.14. The molecular formula is C11H19N5O. The summed E-state index contributed by atoms with van der Waals surface area (Å²) >= 11 is 0. The van der Waals surface area contributed by atoms with Crippen molar-refractivity contribution in [3.8, 4) is 0 Å². The lowest BCUT2D eigenvalue weighted by atomic mass is 10.2. The Labute approximate surface area is 101 Å².